The molecule has 1 aliphatic heterocycles. The first-order valence-corrected chi connectivity index (χ1v) is 9.32. The highest BCUT2D eigenvalue weighted by Crippen LogP contribution is 2.37. The number of nitriles is 1. The van der Waals surface area contributed by atoms with Crippen LogP contribution in [0.1, 0.15) is 5.56 Å². The summed E-state index contributed by atoms with van der Waals surface area (Å²) in [5, 5.41) is 13.9. The molecule has 0 saturated carbocycles. The standard InChI is InChI=1S/C19H12ClN3O3S/c20-13-3-1-2-4-14(13)22-18(24)9-27-19-12(8-21)5-11-6-16-17(26-10-25-16)7-15(11)23-19/h1-7H,9-10H2,(H,22,24). The maximum Gasteiger partial charge on any atom is 0.234 e. The Hall–Kier alpha value is -2.95. The van der Waals surface area contributed by atoms with Crippen LogP contribution in [-0.4, -0.2) is 23.4 Å². The van der Waals surface area contributed by atoms with Gasteiger partial charge in [-0.05, 0) is 24.3 Å². The van der Waals surface area contributed by atoms with Gasteiger partial charge in [-0.2, -0.15) is 5.26 Å². The third-order valence-electron chi connectivity index (χ3n) is 3.88. The summed E-state index contributed by atoms with van der Waals surface area (Å²) in [5.74, 6) is 1.12. The van der Waals surface area contributed by atoms with Crippen LogP contribution < -0.4 is 14.8 Å². The minimum Gasteiger partial charge on any atom is -0.454 e. The van der Waals surface area contributed by atoms with Gasteiger partial charge in [0.05, 0.1) is 27.5 Å². The van der Waals surface area contributed by atoms with Crippen molar-refractivity contribution in [1.29, 1.82) is 5.26 Å². The van der Waals surface area contributed by atoms with Gasteiger partial charge in [0.25, 0.3) is 0 Å². The fourth-order valence-electron chi connectivity index (χ4n) is 2.62. The normalized spacial score (nSPS) is 12.0. The molecule has 0 unspecified atom stereocenters. The fourth-order valence-corrected chi connectivity index (χ4v) is 3.57. The Balaban J connectivity index is 1.54. The number of para-hydroxylation sites is 1. The molecule has 134 valence electrons. The first kappa shape index (κ1) is 17.5. The van der Waals surface area contributed by atoms with E-state index >= 15 is 0 Å². The van der Waals surface area contributed by atoms with Gasteiger partial charge >= 0.3 is 0 Å². The highest BCUT2D eigenvalue weighted by Gasteiger charge is 2.17. The van der Waals surface area contributed by atoms with Crippen LogP contribution in [0.5, 0.6) is 11.5 Å². The lowest BCUT2D eigenvalue weighted by molar-refractivity contribution is -0.113. The molecule has 0 spiro atoms. The van der Waals surface area contributed by atoms with Gasteiger partial charge in [-0.1, -0.05) is 35.5 Å². The summed E-state index contributed by atoms with van der Waals surface area (Å²) >= 11 is 7.24. The number of halogens is 1. The minimum atomic E-state index is -0.232. The Morgan fingerprint density at radius 2 is 2.04 bits per heavy atom. The molecule has 3 aromatic rings. The largest absolute Gasteiger partial charge is 0.454 e. The second-order valence-corrected chi connectivity index (χ2v) is 7.04. The van der Waals surface area contributed by atoms with Gasteiger partial charge in [0.1, 0.15) is 11.1 Å². The van der Waals surface area contributed by atoms with Crippen molar-refractivity contribution in [2.45, 2.75) is 5.03 Å². The molecule has 0 saturated heterocycles. The summed E-state index contributed by atoms with van der Waals surface area (Å²) in [6, 6.07) is 14.4. The number of pyridine rings is 1. The number of hydrogen-bond donors (Lipinski definition) is 1. The van der Waals surface area contributed by atoms with Crippen LogP contribution in [0.3, 0.4) is 0 Å². The third kappa shape index (κ3) is 3.63. The number of carbonyl (C=O) groups is 1. The minimum absolute atomic E-state index is 0.100. The number of anilines is 1. The zero-order chi connectivity index (χ0) is 18.8. The highest BCUT2D eigenvalue weighted by atomic mass is 35.5. The van der Waals surface area contributed by atoms with Crippen molar-refractivity contribution >= 4 is 45.9 Å². The van der Waals surface area contributed by atoms with Crippen LogP contribution >= 0.6 is 23.4 Å². The Labute approximate surface area is 164 Å². The number of nitrogens with zero attached hydrogens (tertiary/aromatic N) is 2. The molecule has 1 N–H and O–H groups in total. The number of benzene rings is 2. The number of hydrogen-bond acceptors (Lipinski definition) is 6. The number of ether oxygens (including phenoxy) is 2. The monoisotopic (exact) mass is 397 g/mol. The Morgan fingerprint density at radius 3 is 2.81 bits per heavy atom. The number of amides is 1. The second kappa shape index (κ2) is 7.35. The van der Waals surface area contributed by atoms with Crippen molar-refractivity contribution in [2.24, 2.45) is 0 Å². The van der Waals surface area contributed by atoms with Gasteiger partial charge in [-0.3, -0.25) is 4.79 Å². The average molecular weight is 398 g/mol. The molecule has 1 aromatic heterocycles. The molecule has 0 aliphatic carbocycles. The SMILES string of the molecule is N#Cc1cc2cc3c(cc2nc1SCC(=O)Nc1ccccc1Cl)OCO3. The lowest BCUT2D eigenvalue weighted by atomic mass is 10.1. The van der Waals surface area contributed by atoms with E-state index in [0.29, 0.717) is 38.3 Å². The quantitative estimate of drug-likeness (QED) is 0.663. The van der Waals surface area contributed by atoms with E-state index in [1.54, 1.807) is 42.5 Å². The van der Waals surface area contributed by atoms with Crippen LogP contribution in [0, 0.1) is 11.3 Å². The topological polar surface area (TPSA) is 84.2 Å². The summed E-state index contributed by atoms with van der Waals surface area (Å²) in [7, 11) is 0. The van der Waals surface area contributed by atoms with Gasteiger partial charge in [-0.25, -0.2) is 4.98 Å². The number of rotatable bonds is 4. The number of nitrogens with one attached hydrogen (secondary N) is 1. The molecule has 6 nitrogen and oxygen atoms in total. The number of fused-ring (bicyclic) bond motifs is 2. The molecule has 0 bridgehead atoms. The highest BCUT2D eigenvalue weighted by molar-refractivity contribution is 8.00. The molecule has 8 heteroatoms. The number of carbonyl (C=O) groups excluding carboxylic acids is 1. The Morgan fingerprint density at radius 1 is 1.26 bits per heavy atom. The van der Waals surface area contributed by atoms with Crippen LogP contribution in [0.2, 0.25) is 5.02 Å². The number of aromatic nitrogens is 1. The first-order chi connectivity index (χ1) is 13.1. The molecule has 1 aliphatic rings. The van der Waals surface area contributed by atoms with Gasteiger partial charge < -0.3 is 14.8 Å². The molecular weight excluding hydrogens is 386 g/mol. The van der Waals surface area contributed by atoms with Crippen molar-refractivity contribution in [2.75, 3.05) is 17.9 Å². The molecule has 0 fully saturated rings. The lowest BCUT2D eigenvalue weighted by Crippen LogP contribution is -2.14. The Bertz CT molecular complexity index is 1100. The Kier molecular flexibility index (Phi) is 4.75. The molecule has 27 heavy (non-hydrogen) atoms. The van der Waals surface area contributed by atoms with Crippen molar-refractivity contribution in [3.63, 3.8) is 0 Å². The van der Waals surface area contributed by atoms with Crippen molar-refractivity contribution in [3.05, 3.63) is 53.1 Å². The van der Waals surface area contributed by atoms with Crippen LogP contribution in [-0.2, 0) is 4.79 Å². The van der Waals surface area contributed by atoms with E-state index in [0.717, 1.165) is 5.39 Å². The molecule has 2 heterocycles. The maximum absolute atomic E-state index is 12.2. The van der Waals surface area contributed by atoms with E-state index in [2.05, 4.69) is 16.4 Å². The molecule has 4 rings (SSSR count). The molecule has 2 aromatic carbocycles. The zero-order valence-electron chi connectivity index (χ0n) is 13.9. The fraction of sp³-hybridized carbons (Fsp3) is 0.105. The molecule has 0 atom stereocenters. The lowest BCUT2D eigenvalue weighted by Gasteiger charge is -2.08. The summed E-state index contributed by atoms with van der Waals surface area (Å²) < 4.78 is 10.7. The van der Waals surface area contributed by atoms with E-state index < -0.39 is 0 Å². The maximum atomic E-state index is 12.2. The predicted molar refractivity (Wildman–Crippen MR) is 103 cm³/mol. The van der Waals surface area contributed by atoms with E-state index in [9.17, 15) is 10.1 Å². The zero-order valence-corrected chi connectivity index (χ0v) is 15.4. The number of thioether (sulfide) groups is 1. The summed E-state index contributed by atoms with van der Waals surface area (Å²) in [4.78, 5) is 16.7. The van der Waals surface area contributed by atoms with E-state index in [-0.39, 0.29) is 18.5 Å². The molecular formula is C19H12ClN3O3S. The van der Waals surface area contributed by atoms with Crippen molar-refractivity contribution in [3.8, 4) is 17.6 Å². The summed E-state index contributed by atoms with van der Waals surface area (Å²) in [5.41, 5.74) is 1.62. The van der Waals surface area contributed by atoms with Gasteiger partial charge in [0.2, 0.25) is 12.7 Å². The van der Waals surface area contributed by atoms with Crippen molar-refractivity contribution < 1.29 is 14.3 Å². The van der Waals surface area contributed by atoms with Crippen molar-refractivity contribution in [1.82, 2.24) is 4.98 Å². The third-order valence-corrected chi connectivity index (χ3v) is 5.20. The first-order valence-electron chi connectivity index (χ1n) is 7.96. The summed E-state index contributed by atoms with van der Waals surface area (Å²) in [6.07, 6.45) is 0. The van der Waals surface area contributed by atoms with E-state index in [4.69, 9.17) is 21.1 Å². The van der Waals surface area contributed by atoms with Gasteiger partial charge in [0.15, 0.2) is 11.5 Å². The molecule has 0 radical (unpaired) electrons. The summed E-state index contributed by atoms with van der Waals surface area (Å²) in [6.45, 7) is 0.167. The van der Waals surface area contributed by atoms with E-state index in [1.165, 1.54) is 11.8 Å². The average Bonchev–Trinajstić information content (AvgIpc) is 3.12. The smallest absolute Gasteiger partial charge is 0.234 e. The van der Waals surface area contributed by atoms with Crippen LogP contribution in [0.15, 0.2) is 47.5 Å². The van der Waals surface area contributed by atoms with Gasteiger partial charge in [-0.15, -0.1) is 0 Å². The predicted octanol–water partition coefficient (Wildman–Crippen LogP) is 4.22. The van der Waals surface area contributed by atoms with Crippen LogP contribution in [0.25, 0.3) is 10.9 Å². The van der Waals surface area contributed by atoms with Gasteiger partial charge in [0, 0.05) is 11.5 Å². The molecule has 1 amide bonds. The van der Waals surface area contributed by atoms with Crippen LogP contribution in [0.4, 0.5) is 5.69 Å². The second-order valence-electron chi connectivity index (χ2n) is 5.67. The van der Waals surface area contributed by atoms with E-state index in [1.807, 2.05) is 0 Å².